The number of halogens is 1. The number of rotatable bonds is 9. The summed E-state index contributed by atoms with van der Waals surface area (Å²) in [5, 5.41) is 5.59. The van der Waals surface area contributed by atoms with Gasteiger partial charge in [0, 0.05) is 6.04 Å². The molecule has 2 N–H and O–H groups in total. The molecule has 7 heteroatoms. The number of anilines is 2. The van der Waals surface area contributed by atoms with Gasteiger partial charge in [-0.15, -0.1) is 0 Å². The number of benzene rings is 1. The molecule has 0 aliphatic carbocycles. The first-order valence-corrected chi connectivity index (χ1v) is 8.38. The van der Waals surface area contributed by atoms with Crippen molar-refractivity contribution < 1.29 is 9.18 Å². The fourth-order valence-electron chi connectivity index (χ4n) is 2.37. The number of aromatic nitrogens is 3. The predicted molar refractivity (Wildman–Crippen MR) is 96.1 cm³/mol. The van der Waals surface area contributed by atoms with Gasteiger partial charge < -0.3 is 5.32 Å². The molecule has 1 amide bonds. The zero-order valence-electron chi connectivity index (χ0n) is 14.8. The molecule has 0 radical (unpaired) electrons. The van der Waals surface area contributed by atoms with Crippen LogP contribution in [0.5, 0.6) is 0 Å². The third-order valence-corrected chi connectivity index (χ3v) is 3.81. The number of carbonyl (C=O) groups excluding carboxylic acids is 1. The summed E-state index contributed by atoms with van der Waals surface area (Å²) < 4.78 is 14.2. The lowest BCUT2D eigenvalue weighted by atomic mass is 10.0. The van der Waals surface area contributed by atoms with E-state index >= 15 is 0 Å². The maximum absolute atomic E-state index is 14.2. The standard InChI is InChI=1S/C18H24FN5O/c1-4-14(11-10-13-8-6-5-7-9-13)21-17-23-15(18(2,3)19)22-16(24-17)20-12-25/h5-9,12,14H,4,10-11H2,1-3H3,(H2,20,21,22,23,24,25). The van der Waals surface area contributed by atoms with Crippen LogP contribution in [-0.4, -0.2) is 27.4 Å². The van der Waals surface area contributed by atoms with Gasteiger partial charge in [-0.1, -0.05) is 37.3 Å². The monoisotopic (exact) mass is 345 g/mol. The van der Waals surface area contributed by atoms with E-state index in [1.165, 1.54) is 19.4 Å². The molecule has 0 fully saturated rings. The molecule has 0 saturated heterocycles. The van der Waals surface area contributed by atoms with Crippen LogP contribution in [-0.2, 0) is 16.9 Å². The van der Waals surface area contributed by atoms with E-state index in [1.807, 2.05) is 18.2 Å². The number of nitrogens with zero attached hydrogens (tertiary/aromatic N) is 3. The lowest BCUT2D eigenvalue weighted by Crippen LogP contribution is -2.24. The topological polar surface area (TPSA) is 79.8 Å². The Morgan fingerprint density at radius 3 is 2.44 bits per heavy atom. The van der Waals surface area contributed by atoms with E-state index in [4.69, 9.17) is 0 Å². The minimum Gasteiger partial charge on any atom is -0.351 e. The van der Waals surface area contributed by atoms with Crippen molar-refractivity contribution in [2.24, 2.45) is 0 Å². The zero-order valence-corrected chi connectivity index (χ0v) is 14.8. The number of hydrogen-bond acceptors (Lipinski definition) is 5. The second-order valence-corrected chi connectivity index (χ2v) is 6.31. The Bertz CT molecular complexity index is 688. The van der Waals surface area contributed by atoms with Crippen LogP contribution in [0, 0.1) is 0 Å². The van der Waals surface area contributed by atoms with Gasteiger partial charge in [0.15, 0.2) is 11.5 Å². The van der Waals surface area contributed by atoms with Gasteiger partial charge >= 0.3 is 0 Å². The van der Waals surface area contributed by atoms with Crippen molar-refractivity contribution >= 4 is 18.3 Å². The summed E-state index contributed by atoms with van der Waals surface area (Å²) in [5.41, 5.74) is -0.475. The van der Waals surface area contributed by atoms with Crippen molar-refractivity contribution in [2.75, 3.05) is 10.6 Å². The van der Waals surface area contributed by atoms with Crippen molar-refractivity contribution in [3.05, 3.63) is 41.7 Å². The highest BCUT2D eigenvalue weighted by atomic mass is 19.1. The van der Waals surface area contributed by atoms with Crippen LogP contribution in [0.3, 0.4) is 0 Å². The van der Waals surface area contributed by atoms with Crippen LogP contribution in [0.2, 0.25) is 0 Å². The highest BCUT2D eigenvalue weighted by Crippen LogP contribution is 2.23. The normalized spacial score (nSPS) is 12.5. The molecule has 0 aliphatic heterocycles. The SMILES string of the molecule is CCC(CCc1ccccc1)Nc1nc(NC=O)nc(C(C)(C)F)n1. The second-order valence-electron chi connectivity index (χ2n) is 6.31. The number of carbonyl (C=O) groups is 1. The molecule has 1 unspecified atom stereocenters. The molecule has 0 spiro atoms. The van der Waals surface area contributed by atoms with Crippen molar-refractivity contribution in [2.45, 2.75) is 51.7 Å². The van der Waals surface area contributed by atoms with Crippen LogP contribution in [0.1, 0.15) is 45.0 Å². The van der Waals surface area contributed by atoms with Gasteiger partial charge in [-0.3, -0.25) is 10.1 Å². The second kappa shape index (κ2) is 8.50. The lowest BCUT2D eigenvalue weighted by Gasteiger charge is -2.19. The predicted octanol–water partition coefficient (Wildman–Crippen LogP) is 3.47. The summed E-state index contributed by atoms with van der Waals surface area (Å²) in [4.78, 5) is 22.9. The Morgan fingerprint density at radius 1 is 1.16 bits per heavy atom. The first-order valence-electron chi connectivity index (χ1n) is 8.38. The minimum absolute atomic E-state index is 0.0211. The number of nitrogens with one attached hydrogen (secondary N) is 2. The fourth-order valence-corrected chi connectivity index (χ4v) is 2.37. The number of hydrogen-bond donors (Lipinski definition) is 2. The molecule has 134 valence electrons. The van der Waals surface area contributed by atoms with Crippen LogP contribution in [0.15, 0.2) is 30.3 Å². The minimum atomic E-state index is -1.73. The summed E-state index contributed by atoms with van der Waals surface area (Å²) in [6.45, 7) is 4.79. The molecule has 1 atom stereocenters. The molecule has 0 aliphatic rings. The quantitative estimate of drug-likeness (QED) is 0.680. The fraction of sp³-hybridized carbons (Fsp3) is 0.444. The molecule has 25 heavy (non-hydrogen) atoms. The largest absolute Gasteiger partial charge is 0.351 e. The summed E-state index contributed by atoms with van der Waals surface area (Å²) in [5.74, 6) is 0.276. The highest BCUT2D eigenvalue weighted by Gasteiger charge is 2.25. The van der Waals surface area contributed by atoms with Crippen molar-refractivity contribution in [1.82, 2.24) is 15.0 Å². The first kappa shape index (κ1) is 18.8. The number of alkyl halides is 1. The maximum atomic E-state index is 14.2. The van der Waals surface area contributed by atoms with E-state index in [2.05, 4.69) is 44.6 Å². The molecular weight excluding hydrogens is 321 g/mol. The molecule has 1 aromatic carbocycles. The van der Waals surface area contributed by atoms with Gasteiger partial charge in [0.1, 0.15) is 0 Å². The Kier molecular flexibility index (Phi) is 6.38. The Hall–Kier alpha value is -2.57. The zero-order chi connectivity index (χ0) is 18.3. The molecule has 2 rings (SSSR count). The lowest BCUT2D eigenvalue weighted by molar-refractivity contribution is -0.105. The van der Waals surface area contributed by atoms with E-state index < -0.39 is 5.67 Å². The molecule has 0 bridgehead atoms. The smallest absolute Gasteiger partial charge is 0.234 e. The molecular formula is C18H24FN5O. The van der Waals surface area contributed by atoms with Gasteiger partial charge in [-0.25, -0.2) is 4.39 Å². The van der Waals surface area contributed by atoms with Crippen LogP contribution >= 0.6 is 0 Å². The maximum Gasteiger partial charge on any atom is 0.234 e. The van der Waals surface area contributed by atoms with Crippen molar-refractivity contribution in [1.29, 1.82) is 0 Å². The van der Waals surface area contributed by atoms with Crippen LogP contribution in [0.4, 0.5) is 16.3 Å². The van der Waals surface area contributed by atoms with Gasteiger partial charge in [0.2, 0.25) is 18.3 Å². The molecule has 2 aromatic rings. The molecule has 6 nitrogen and oxygen atoms in total. The summed E-state index contributed by atoms with van der Waals surface area (Å²) in [6.07, 6.45) is 3.12. The van der Waals surface area contributed by atoms with E-state index in [9.17, 15) is 9.18 Å². The van der Waals surface area contributed by atoms with E-state index in [1.54, 1.807) is 0 Å². The van der Waals surface area contributed by atoms with Gasteiger partial charge in [-0.05, 0) is 38.7 Å². The Labute approximate surface area is 147 Å². The molecule has 1 heterocycles. The van der Waals surface area contributed by atoms with Crippen LogP contribution < -0.4 is 10.6 Å². The van der Waals surface area contributed by atoms with E-state index in [-0.39, 0.29) is 23.8 Å². The summed E-state index contributed by atoms with van der Waals surface area (Å²) >= 11 is 0. The Balaban J connectivity index is 2.12. The summed E-state index contributed by atoms with van der Waals surface area (Å²) in [6, 6.07) is 10.3. The molecule has 0 saturated carbocycles. The van der Waals surface area contributed by atoms with Crippen LogP contribution in [0.25, 0.3) is 0 Å². The van der Waals surface area contributed by atoms with Gasteiger partial charge in [-0.2, -0.15) is 15.0 Å². The average Bonchev–Trinajstić information content (AvgIpc) is 2.59. The third kappa shape index (κ3) is 5.77. The van der Waals surface area contributed by atoms with Crippen molar-refractivity contribution in [3.8, 4) is 0 Å². The van der Waals surface area contributed by atoms with Gasteiger partial charge in [0.05, 0.1) is 0 Å². The average molecular weight is 345 g/mol. The number of aryl methyl sites for hydroxylation is 1. The highest BCUT2D eigenvalue weighted by molar-refractivity contribution is 5.67. The van der Waals surface area contributed by atoms with E-state index in [0.717, 1.165) is 19.3 Å². The Morgan fingerprint density at radius 2 is 1.84 bits per heavy atom. The van der Waals surface area contributed by atoms with Crippen molar-refractivity contribution in [3.63, 3.8) is 0 Å². The van der Waals surface area contributed by atoms with Gasteiger partial charge in [0.25, 0.3) is 0 Å². The molecule has 1 aromatic heterocycles. The third-order valence-electron chi connectivity index (χ3n) is 3.81. The van der Waals surface area contributed by atoms with E-state index in [0.29, 0.717) is 6.41 Å². The summed E-state index contributed by atoms with van der Waals surface area (Å²) in [7, 11) is 0. The first-order chi connectivity index (χ1) is 11.9. The number of amides is 1.